The quantitative estimate of drug-likeness (QED) is 0.387. The van der Waals surface area contributed by atoms with E-state index in [1.54, 1.807) is 17.0 Å². The first kappa shape index (κ1) is 22.1. The van der Waals surface area contributed by atoms with Gasteiger partial charge in [0.1, 0.15) is 5.82 Å². The van der Waals surface area contributed by atoms with Crippen molar-refractivity contribution in [3.05, 3.63) is 83.6 Å². The molecule has 1 aliphatic rings. The zero-order valence-electron chi connectivity index (χ0n) is 17.9. The number of pyridine rings is 1. The number of carbonyl (C=O) groups excluding carboxylic acids is 1. The van der Waals surface area contributed by atoms with E-state index in [2.05, 4.69) is 9.97 Å². The van der Waals surface area contributed by atoms with Crippen molar-refractivity contribution in [1.29, 1.82) is 0 Å². The maximum absolute atomic E-state index is 13.3. The predicted molar refractivity (Wildman–Crippen MR) is 119 cm³/mol. The molecular formula is C25H20F4N4O. The van der Waals surface area contributed by atoms with Crippen LogP contribution < -0.4 is 0 Å². The Kier molecular flexibility index (Phi) is 5.55. The summed E-state index contributed by atoms with van der Waals surface area (Å²) >= 11 is 0. The van der Waals surface area contributed by atoms with Gasteiger partial charge in [-0.1, -0.05) is 6.07 Å². The number of likely N-dealkylation sites (tertiary alicyclic amines) is 1. The second-order valence-electron chi connectivity index (χ2n) is 8.36. The number of alkyl halides is 3. The number of imidazole rings is 1. The summed E-state index contributed by atoms with van der Waals surface area (Å²) in [5, 5.41) is 0. The van der Waals surface area contributed by atoms with E-state index in [9.17, 15) is 22.4 Å². The van der Waals surface area contributed by atoms with Crippen molar-refractivity contribution in [2.24, 2.45) is 0 Å². The molecule has 174 valence electrons. The van der Waals surface area contributed by atoms with Gasteiger partial charge in [-0.3, -0.25) is 9.78 Å². The molecule has 1 fully saturated rings. The molecule has 5 nitrogen and oxygen atoms in total. The van der Waals surface area contributed by atoms with Crippen LogP contribution in [0.4, 0.5) is 17.6 Å². The molecule has 2 aromatic carbocycles. The number of hydrogen-bond acceptors (Lipinski definition) is 3. The van der Waals surface area contributed by atoms with Gasteiger partial charge in [-0.25, -0.2) is 9.37 Å². The Morgan fingerprint density at radius 2 is 1.82 bits per heavy atom. The Balaban J connectivity index is 1.36. The third kappa shape index (κ3) is 4.37. The number of aromatic amines is 1. The van der Waals surface area contributed by atoms with E-state index < -0.39 is 12.0 Å². The first-order valence-electron chi connectivity index (χ1n) is 10.9. The molecule has 1 atom stereocenters. The van der Waals surface area contributed by atoms with Crippen molar-refractivity contribution in [2.45, 2.75) is 24.9 Å². The highest BCUT2D eigenvalue weighted by Crippen LogP contribution is 2.31. The SMILES string of the molecule is O=C(c1ccc2nc(C(F)(F)F)[nH]c2c1)N1CCCC(c2cccc(-c3ccc(F)cc3)n2)C1. The van der Waals surface area contributed by atoms with Crippen LogP contribution in [0.3, 0.4) is 0 Å². The fourth-order valence-corrected chi connectivity index (χ4v) is 4.32. The number of rotatable bonds is 3. The summed E-state index contributed by atoms with van der Waals surface area (Å²) in [6, 6.07) is 16.1. The smallest absolute Gasteiger partial charge is 0.338 e. The summed E-state index contributed by atoms with van der Waals surface area (Å²) in [6.45, 7) is 1.01. The van der Waals surface area contributed by atoms with Crippen molar-refractivity contribution >= 4 is 16.9 Å². The maximum atomic E-state index is 13.3. The van der Waals surface area contributed by atoms with Gasteiger partial charge in [0.25, 0.3) is 5.91 Å². The maximum Gasteiger partial charge on any atom is 0.449 e. The minimum atomic E-state index is -4.58. The number of nitrogens with zero attached hydrogens (tertiary/aromatic N) is 3. The molecule has 3 heterocycles. The molecule has 1 saturated heterocycles. The van der Waals surface area contributed by atoms with Gasteiger partial charge in [0.2, 0.25) is 5.82 Å². The van der Waals surface area contributed by atoms with Crippen LogP contribution >= 0.6 is 0 Å². The average molecular weight is 468 g/mol. The normalized spacial score (nSPS) is 16.7. The molecule has 1 amide bonds. The molecule has 9 heteroatoms. The fraction of sp³-hybridized carbons (Fsp3) is 0.240. The molecule has 1 N–H and O–H groups in total. The Labute approximate surface area is 192 Å². The minimum Gasteiger partial charge on any atom is -0.338 e. The number of fused-ring (bicyclic) bond motifs is 1. The number of nitrogens with one attached hydrogen (secondary N) is 1. The molecule has 4 aromatic rings. The lowest BCUT2D eigenvalue weighted by molar-refractivity contribution is -0.144. The first-order chi connectivity index (χ1) is 16.3. The number of benzene rings is 2. The lowest BCUT2D eigenvalue weighted by Gasteiger charge is -2.32. The number of aromatic nitrogens is 3. The lowest BCUT2D eigenvalue weighted by Crippen LogP contribution is -2.39. The molecule has 0 bridgehead atoms. The van der Waals surface area contributed by atoms with Crippen LogP contribution in [0.15, 0.2) is 60.7 Å². The number of hydrogen-bond donors (Lipinski definition) is 1. The molecule has 1 aliphatic heterocycles. The van der Waals surface area contributed by atoms with Gasteiger partial charge >= 0.3 is 6.18 Å². The molecule has 0 radical (unpaired) electrons. The summed E-state index contributed by atoms with van der Waals surface area (Å²) in [5.74, 6) is -1.63. The Morgan fingerprint density at radius 3 is 2.59 bits per heavy atom. The van der Waals surface area contributed by atoms with Crippen molar-refractivity contribution in [3.8, 4) is 11.3 Å². The van der Waals surface area contributed by atoms with E-state index in [0.29, 0.717) is 18.7 Å². The molecule has 1 unspecified atom stereocenters. The molecular weight excluding hydrogens is 448 g/mol. The standard InChI is InChI=1S/C25H20F4N4O/c26-18-9-6-15(7-10-18)19-4-1-5-20(30-19)17-3-2-12-33(14-17)23(34)16-8-11-21-22(13-16)32-24(31-21)25(27,28)29/h1,4-11,13,17H,2-3,12,14H2,(H,31,32). The van der Waals surface area contributed by atoms with Gasteiger partial charge in [0, 0.05) is 35.8 Å². The van der Waals surface area contributed by atoms with Gasteiger partial charge in [0.05, 0.1) is 16.7 Å². The lowest BCUT2D eigenvalue weighted by atomic mass is 9.93. The van der Waals surface area contributed by atoms with Gasteiger partial charge in [-0.05, 0) is 67.4 Å². The highest BCUT2D eigenvalue weighted by atomic mass is 19.4. The van der Waals surface area contributed by atoms with E-state index in [1.807, 2.05) is 18.2 Å². The summed E-state index contributed by atoms with van der Waals surface area (Å²) in [7, 11) is 0. The van der Waals surface area contributed by atoms with Crippen LogP contribution in [0, 0.1) is 5.82 Å². The second kappa shape index (κ2) is 8.55. The van der Waals surface area contributed by atoms with Gasteiger partial charge < -0.3 is 9.88 Å². The predicted octanol–water partition coefficient (Wildman–Crippen LogP) is 5.80. The van der Waals surface area contributed by atoms with Crippen molar-refractivity contribution < 1.29 is 22.4 Å². The van der Waals surface area contributed by atoms with E-state index in [-0.39, 0.29) is 28.7 Å². The van der Waals surface area contributed by atoms with Crippen molar-refractivity contribution in [2.75, 3.05) is 13.1 Å². The number of piperidine rings is 1. The highest BCUT2D eigenvalue weighted by molar-refractivity contribution is 5.97. The van der Waals surface area contributed by atoms with E-state index in [4.69, 9.17) is 4.98 Å². The van der Waals surface area contributed by atoms with E-state index >= 15 is 0 Å². The topological polar surface area (TPSA) is 61.9 Å². The largest absolute Gasteiger partial charge is 0.449 e. The summed E-state index contributed by atoms with van der Waals surface area (Å²) < 4.78 is 52.1. The molecule has 34 heavy (non-hydrogen) atoms. The van der Waals surface area contributed by atoms with Gasteiger partial charge in [-0.15, -0.1) is 0 Å². The fourth-order valence-electron chi connectivity index (χ4n) is 4.32. The van der Waals surface area contributed by atoms with Crippen LogP contribution in [0.5, 0.6) is 0 Å². The number of H-pyrrole nitrogens is 1. The zero-order valence-corrected chi connectivity index (χ0v) is 17.9. The van der Waals surface area contributed by atoms with Crippen LogP contribution in [-0.4, -0.2) is 38.8 Å². The number of amides is 1. The van der Waals surface area contributed by atoms with Crippen LogP contribution in [-0.2, 0) is 6.18 Å². The molecule has 0 aliphatic carbocycles. The highest BCUT2D eigenvalue weighted by Gasteiger charge is 2.35. The van der Waals surface area contributed by atoms with E-state index in [1.165, 1.54) is 30.3 Å². The summed E-state index contributed by atoms with van der Waals surface area (Å²) in [6.07, 6.45) is -2.94. The Hall–Kier alpha value is -3.75. The molecule has 5 rings (SSSR count). The van der Waals surface area contributed by atoms with Crippen molar-refractivity contribution in [1.82, 2.24) is 19.9 Å². The first-order valence-corrected chi connectivity index (χ1v) is 10.9. The zero-order chi connectivity index (χ0) is 23.9. The Bertz CT molecular complexity index is 1350. The monoisotopic (exact) mass is 468 g/mol. The molecule has 0 saturated carbocycles. The second-order valence-corrected chi connectivity index (χ2v) is 8.36. The summed E-state index contributed by atoms with van der Waals surface area (Å²) in [5.41, 5.74) is 3.00. The molecule has 0 spiro atoms. The third-order valence-electron chi connectivity index (χ3n) is 6.03. The van der Waals surface area contributed by atoms with E-state index in [0.717, 1.165) is 29.8 Å². The van der Waals surface area contributed by atoms with Gasteiger partial charge in [-0.2, -0.15) is 13.2 Å². The van der Waals surface area contributed by atoms with Crippen LogP contribution in [0.2, 0.25) is 0 Å². The number of halogens is 4. The summed E-state index contributed by atoms with van der Waals surface area (Å²) in [4.78, 5) is 25.4. The van der Waals surface area contributed by atoms with Crippen LogP contribution in [0.1, 0.15) is 40.6 Å². The van der Waals surface area contributed by atoms with Crippen molar-refractivity contribution in [3.63, 3.8) is 0 Å². The van der Waals surface area contributed by atoms with Gasteiger partial charge in [0.15, 0.2) is 0 Å². The minimum absolute atomic E-state index is 0.0193. The average Bonchev–Trinajstić information content (AvgIpc) is 3.28. The third-order valence-corrected chi connectivity index (χ3v) is 6.03. The van der Waals surface area contributed by atoms with Crippen LogP contribution in [0.25, 0.3) is 22.3 Å². The molecule has 2 aromatic heterocycles. The number of carbonyl (C=O) groups is 1. The Morgan fingerprint density at radius 1 is 1.03 bits per heavy atom.